The lowest BCUT2D eigenvalue weighted by Crippen LogP contribution is -2.24. The second kappa shape index (κ2) is 5.48. The van der Waals surface area contributed by atoms with Crippen LogP contribution in [0.1, 0.15) is 31.1 Å². The molecule has 0 radical (unpaired) electrons. The van der Waals surface area contributed by atoms with Gasteiger partial charge < -0.3 is 15.6 Å². The Morgan fingerprint density at radius 2 is 1.71 bits per heavy atom. The van der Waals surface area contributed by atoms with Crippen molar-refractivity contribution in [2.24, 2.45) is 0 Å². The van der Waals surface area contributed by atoms with Crippen LogP contribution in [0.5, 0.6) is 5.75 Å². The second-order valence-corrected chi connectivity index (χ2v) is 5.82. The third kappa shape index (κ3) is 3.54. The summed E-state index contributed by atoms with van der Waals surface area (Å²) in [7, 11) is 0. The summed E-state index contributed by atoms with van der Waals surface area (Å²) in [5, 5.41) is 9.34. The van der Waals surface area contributed by atoms with Crippen LogP contribution in [-0.4, -0.2) is 16.7 Å². The smallest absolute Gasteiger partial charge is 0.340 e. The zero-order valence-corrected chi connectivity index (χ0v) is 12.4. The second-order valence-electron chi connectivity index (χ2n) is 5.82. The van der Waals surface area contributed by atoms with Gasteiger partial charge in [-0.1, -0.05) is 24.3 Å². The Labute approximate surface area is 124 Å². The SMILES string of the molecule is CC(C)(C)OC(=O)c1cccc(-c2ccc(O)cc2)c1N. The number of rotatable bonds is 2. The molecule has 0 heterocycles. The number of esters is 1. The van der Waals surface area contributed by atoms with Crippen molar-refractivity contribution in [2.45, 2.75) is 26.4 Å². The molecule has 0 spiro atoms. The summed E-state index contributed by atoms with van der Waals surface area (Å²) in [5.41, 5.74) is 7.82. The molecule has 0 bridgehead atoms. The minimum Gasteiger partial charge on any atom is -0.508 e. The number of hydrogen-bond acceptors (Lipinski definition) is 4. The van der Waals surface area contributed by atoms with Gasteiger partial charge in [-0.2, -0.15) is 0 Å². The van der Waals surface area contributed by atoms with E-state index in [4.69, 9.17) is 10.5 Å². The van der Waals surface area contributed by atoms with Crippen molar-refractivity contribution in [1.82, 2.24) is 0 Å². The van der Waals surface area contributed by atoms with Gasteiger partial charge in [0.15, 0.2) is 0 Å². The monoisotopic (exact) mass is 285 g/mol. The fourth-order valence-corrected chi connectivity index (χ4v) is 1.97. The lowest BCUT2D eigenvalue weighted by molar-refractivity contribution is 0.00708. The van der Waals surface area contributed by atoms with Crippen LogP contribution in [0, 0.1) is 0 Å². The molecule has 2 aromatic carbocycles. The Balaban J connectivity index is 2.41. The van der Waals surface area contributed by atoms with Gasteiger partial charge >= 0.3 is 5.97 Å². The van der Waals surface area contributed by atoms with E-state index in [1.165, 1.54) is 0 Å². The number of aromatic hydroxyl groups is 1. The molecule has 0 aliphatic heterocycles. The number of anilines is 1. The molecule has 0 atom stereocenters. The molecule has 0 unspecified atom stereocenters. The van der Waals surface area contributed by atoms with E-state index in [9.17, 15) is 9.90 Å². The van der Waals surface area contributed by atoms with Crippen LogP contribution in [0.3, 0.4) is 0 Å². The van der Waals surface area contributed by atoms with Crippen molar-refractivity contribution in [2.75, 3.05) is 5.73 Å². The molecule has 0 saturated carbocycles. The Bertz CT molecular complexity index is 655. The maximum Gasteiger partial charge on any atom is 0.340 e. The Morgan fingerprint density at radius 3 is 2.29 bits per heavy atom. The third-order valence-corrected chi connectivity index (χ3v) is 2.90. The number of hydrogen-bond donors (Lipinski definition) is 2. The third-order valence-electron chi connectivity index (χ3n) is 2.90. The number of carbonyl (C=O) groups excluding carboxylic acids is 1. The number of benzene rings is 2. The van der Waals surface area contributed by atoms with Crippen molar-refractivity contribution >= 4 is 11.7 Å². The molecule has 0 aliphatic carbocycles. The first-order valence-corrected chi connectivity index (χ1v) is 6.69. The lowest BCUT2D eigenvalue weighted by atomic mass is 10.00. The summed E-state index contributed by atoms with van der Waals surface area (Å²) in [6, 6.07) is 11.9. The maximum atomic E-state index is 12.2. The average molecular weight is 285 g/mol. The van der Waals surface area contributed by atoms with Crippen LogP contribution >= 0.6 is 0 Å². The highest BCUT2D eigenvalue weighted by atomic mass is 16.6. The summed E-state index contributed by atoms with van der Waals surface area (Å²) in [6.07, 6.45) is 0. The van der Waals surface area contributed by atoms with E-state index in [0.29, 0.717) is 11.3 Å². The highest BCUT2D eigenvalue weighted by molar-refractivity contribution is 5.99. The van der Waals surface area contributed by atoms with Gasteiger partial charge in [0.25, 0.3) is 0 Å². The maximum absolute atomic E-state index is 12.2. The molecule has 0 aliphatic rings. The van der Waals surface area contributed by atoms with Gasteiger partial charge in [0, 0.05) is 5.56 Å². The molecule has 4 heteroatoms. The first-order valence-electron chi connectivity index (χ1n) is 6.69. The van der Waals surface area contributed by atoms with Crippen LogP contribution in [0.15, 0.2) is 42.5 Å². The van der Waals surface area contributed by atoms with E-state index in [-0.39, 0.29) is 5.75 Å². The van der Waals surface area contributed by atoms with Crippen LogP contribution in [0.2, 0.25) is 0 Å². The molecule has 0 amide bonds. The Kier molecular flexibility index (Phi) is 3.89. The van der Waals surface area contributed by atoms with Gasteiger partial charge in [0.1, 0.15) is 11.4 Å². The predicted octanol–water partition coefficient (Wildman–Crippen LogP) is 3.60. The van der Waals surface area contributed by atoms with Gasteiger partial charge in [-0.05, 0) is 44.5 Å². The minimum atomic E-state index is -0.571. The molecule has 0 fully saturated rings. The van der Waals surface area contributed by atoms with Crippen molar-refractivity contribution in [3.8, 4) is 16.9 Å². The largest absolute Gasteiger partial charge is 0.508 e. The number of carbonyl (C=O) groups is 1. The molecular weight excluding hydrogens is 266 g/mol. The zero-order valence-electron chi connectivity index (χ0n) is 12.4. The normalized spacial score (nSPS) is 11.2. The van der Waals surface area contributed by atoms with E-state index in [0.717, 1.165) is 11.1 Å². The highest BCUT2D eigenvalue weighted by Gasteiger charge is 2.21. The molecule has 0 saturated heterocycles. The summed E-state index contributed by atoms with van der Waals surface area (Å²) in [5.74, 6) is -0.263. The highest BCUT2D eigenvalue weighted by Crippen LogP contribution is 2.30. The number of ether oxygens (including phenoxy) is 1. The summed E-state index contributed by atoms with van der Waals surface area (Å²) in [4.78, 5) is 12.2. The van der Waals surface area contributed by atoms with E-state index in [1.807, 2.05) is 26.8 Å². The number of phenols is 1. The fraction of sp³-hybridized carbons (Fsp3) is 0.235. The molecule has 2 rings (SSSR count). The number of nitrogens with two attached hydrogens (primary N) is 1. The lowest BCUT2D eigenvalue weighted by Gasteiger charge is -2.20. The summed E-state index contributed by atoms with van der Waals surface area (Å²) in [6.45, 7) is 5.43. The first-order chi connectivity index (χ1) is 9.78. The summed E-state index contributed by atoms with van der Waals surface area (Å²) < 4.78 is 5.36. The molecule has 4 nitrogen and oxygen atoms in total. The predicted molar refractivity (Wildman–Crippen MR) is 83.1 cm³/mol. The molecule has 110 valence electrons. The number of phenolic OH excluding ortho intramolecular Hbond substituents is 1. The average Bonchev–Trinajstić information content (AvgIpc) is 2.38. The van der Waals surface area contributed by atoms with Crippen LogP contribution in [-0.2, 0) is 4.74 Å². The van der Waals surface area contributed by atoms with Gasteiger partial charge in [-0.25, -0.2) is 4.79 Å². The quantitative estimate of drug-likeness (QED) is 0.653. The van der Waals surface area contributed by atoms with Crippen molar-refractivity contribution < 1.29 is 14.6 Å². The number of nitrogen functional groups attached to an aromatic ring is 1. The standard InChI is InChI=1S/C17H19NO3/c1-17(2,3)21-16(20)14-6-4-5-13(15(14)18)11-7-9-12(19)10-8-11/h4-10,19H,18H2,1-3H3. The first kappa shape index (κ1) is 14.9. The van der Waals surface area contributed by atoms with E-state index in [1.54, 1.807) is 36.4 Å². The molecule has 2 aromatic rings. The van der Waals surface area contributed by atoms with Gasteiger partial charge in [0.05, 0.1) is 11.3 Å². The molecule has 3 N–H and O–H groups in total. The van der Waals surface area contributed by atoms with Gasteiger partial charge in [-0.15, -0.1) is 0 Å². The van der Waals surface area contributed by atoms with Crippen LogP contribution in [0.25, 0.3) is 11.1 Å². The topological polar surface area (TPSA) is 72.5 Å². The van der Waals surface area contributed by atoms with Gasteiger partial charge in [-0.3, -0.25) is 0 Å². The molecule has 21 heavy (non-hydrogen) atoms. The van der Waals surface area contributed by atoms with Crippen molar-refractivity contribution in [3.05, 3.63) is 48.0 Å². The number of para-hydroxylation sites is 1. The summed E-state index contributed by atoms with van der Waals surface area (Å²) >= 11 is 0. The zero-order chi connectivity index (χ0) is 15.6. The Morgan fingerprint density at radius 1 is 1.10 bits per heavy atom. The minimum absolute atomic E-state index is 0.181. The van der Waals surface area contributed by atoms with E-state index in [2.05, 4.69) is 0 Å². The van der Waals surface area contributed by atoms with Crippen molar-refractivity contribution in [1.29, 1.82) is 0 Å². The molecular formula is C17H19NO3. The van der Waals surface area contributed by atoms with Crippen LogP contribution < -0.4 is 5.73 Å². The fourth-order valence-electron chi connectivity index (χ4n) is 1.97. The molecule has 0 aromatic heterocycles. The Hall–Kier alpha value is -2.49. The van der Waals surface area contributed by atoms with E-state index >= 15 is 0 Å². The van der Waals surface area contributed by atoms with Crippen LogP contribution in [0.4, 0.5) is 5.69 Å². The van der Waals surface area contributed by atoms with E-state index < -0.39 is 11.6 Å². The van der Waals surface area contributed by atoms with Gasteiger partial charge in [0.2, 0.25) is 0 Å². The van der Waals surface area contributed by atoms with Crippen molar-refractivity contribution in [3.63, 3.8) is 0 Å².